The monoisotopic (exact) mass is 346 g/mol. The summed E-state index contributed by atoms with van der Waals surface area (Å²) in [6.45, 7) is 4.24. The summed E-state index contributed by atoms with van der Waals surface area (Å²) in [7, 11) is -1.83. The summed E-state index contributed by atoms with van der Waals surface area (Å²) in [5.41, 5.74) is 3.99. The molecular formula is C18H22N2O3S. The summed E-state index contributed by atoms with van der Waals surface area (Å²) < 4.78 is 24.5. The molecule has 0 unspecified atom stereocenters. The zero-order valence-electron chi connectivity index (χ0n) is 14.3. The third kappa shape index (κ3) is 4.14. The van der Waals surface area contributed by atoms with Crippen molar-refractivity contribution in [3.8, 4) is 0 Å². The zero-order chi connectivity index (χ0) is 17.9. The van der Waals surface area contributed by atoms with Crippen LogP contribution in [0.4, 0.5) is 5.69 Å². The summed E-state index contributed by atoms with van der Waals surface area (Å²) in [5, 5.41) is 2.89. The van der Waals surface area contributed by atoms with Gasteiger partial charge in [0.05, 0.1) is 11.9 Å². The Morgan fingerprint density at radius 2 is 1.75 bits per heavy atom. The lowest BCUT2D eigenvalue weighted by atomic mass is 10.1. The standard InChI is InChI=1S/C18H22N2O3S/c1-13-7-5-6-8-16(13)12-19-18(21)15-9-10-17(14(2)11-15)20(3)24(4,22)23/h5-11H,12H2,1-4H3,(H,19,21). The predicted molar refractivity (Wildman–Crippen MR) is 96.8 cm³/mol. The molecule has 2 aromatic carbocycles. The number of aryl methyl sites for hydroxylation is 2. The second-order valence-corrected chi connectivity index (χ2v) is 7.85. The first kappa shape index (κ1) is 18.0. The number of hydrogen-bond donors (Lipinski definition) is 1. The molecule has 24 heavy (non-hydrogen) atoms. The van der Waals surface area contributed by atoms with Gasteiger partial charge in [-0.05, 0) is 48.7 Å². The maximum atomic E-state index is 12.3. The summed E-state index contributed by atoms with van der Waals surface area (Å²) in [6, 6.07) is 12.9. The Balaban J connectivity index is 2.14. The summed E-state index contributed by atoms with van der Waals surface area (Å²) in [5.74, 6) is -0.185. The van der Waals surface area contributed by atoms with E-state index in [-0.39, 0.29) is 5.91 Å². The van der Waals surface area contributed by atoms with Crippen molar-refractivity contribution in [3.05, 3.63) is 64.7 Å². The number of rotatable bonds is 5. The Morgan fingerprint density at radius 3 is 2.33 bits per heavy atom. The van der Waals surface area contributed by atoms with Crippen LogP contribution in [0.25, 0.3) is 0 Å². The molecule has 0 fully saturated rings. The summed E-state index contributed by atoms with van der Waals surface area (Å²) >= 11 is 0. The molecule has 0 spiro atoms. The van der Waals surface area contributed by atoms with E-state index >= 15 is 0 Å². The third-order valence-electron chi connectivity index (χ3n) is 4.00. The molecule has 0 radical (unpaired) electrons. The Kier molecular flexibility index (Phi) is 5.29. The largest absolute Gasteiger partial charge is 0.348 e. The average molecular weight is 346 g/mol. The molecule has 0 aliphatic carbocycles. The average Bonchev–Trinajstić information content (AvgIpc) is 2.52. The van der Waals surface area contributed by atoms with E-state index in [2.05, 4.69) is 5.32 Å². The van der Waals surface area contributed by atoms with Crippen molar-refractivity contribution in [2.24, 2.45) is 0 Å². The van der Waals surface area contributed by atoms with Crippen molar-refractivity contribution in [2.75, 3.05) is 17.6 Å². The van der Waals surface area contributed by atoms with Crippen molar-refractivity contribution >= 4 is 21.6 Å². The van der Waals surface area contributed by atoms with E-state index in [0.717, 1.165) is 22.9 Å². The molecule has 6 heteroatoms. The van der Waals surface area contributed by atoms with Gasteiger partial charge in [-0.2, -0.15) is 0 Å². The van der Waals surface area contributed by atoms with Gasteiger partial charge in [-0.1, -0.05) is 24.3 Å². The number of hydrogen-bond acceptors (Lipinski definition) is 3. The smallest absolute Gasteiger partial charge is 0.251 e. The molecule has 0 heterocycles. The van der Waals surface area contributed by atoms with E-state index < -0.39 is 10.0 Å². The maximum absolute atomic E-state index is 12.3. The van der Waals surface area contributed by atoms with Crippen LogP contribution in [0.15, 0.2) is 42.5 Å². The van der Waals surface area contributed by atoms with Gasteiger partial charge in [0.15, 0.2) is 0 Å². The zero-order valence-corrected chi connectivity index (χ0v) is 15.1. The predicted octanol–water partition coefficient (Wildman–Crippen LogP) is 2.63. The van der Waals surface area contributed by atoms with Crippen LogP contribution in [0.1, 0.15) is 27.0 Å². The number of carbonyl (C=O) groups is 1. The van der Waals surface area contributed by atoms with E-state index in [1.165, 1.54) is 11.4 Å². The van der Waals surface area contributed by atoms with Crippen molar-refractivity contribution in [2.45, 2.75) is 20.4 Å². The van der Waals surface area contributed by atoms with Crippen molar-refractivity contribution in [3.63, 3.8) is 0 Å². The Bertz CT molecular complexity index is 860. The fourth-order valence-electron chi connectivity index (χ4n) is 2.41. The Labute approximate surface area is 143 Å². The number of anilines is 1. The number of sulfonamides is 1. The molecule has 0 bridgehead atoms. The van der Waals surface area contributed by atoms with Gasteiger partial charge in [0, 0.05) is 19.2 Å². The van der Waals surface area contributed by atoms with Gasteiger partial charge in [-0.15, -0.1) is 0 Å². The minimum absolute atomic E-state index is 0.185. The first-order valence-electron chi connectivity index (χ1n) is 7.57. The van der Waals surface area contributed by atoms with Crippen LogP contribution in [0.3, 0.4) is 0 Å². The Hall–Kier alpha value is -2.34. The van der Waals surface area contributed by atoms with Gasteiger partial charge < -0.3 is 5.32 Å². The first-order chi connectivity index (χ1) is 11.2. The van der Waals surface area contributed by atoms with Crippen LogP contribution in [0.5, 0.6) is 0 Å². The fraction of sp³-hybridized carbons (Fsp3) is 0.278. The molecule has 1 amide bonds. The molecule has 0 atom stereocenters. The molecule has 0 saturated carbocycles. The highest BCUT2D eigenvalue weighted by Crippen LogP contribution is 2.22. The van der Waals surface area contributed by atoms with E-state index in [1.54, 1.807) is 25.1 Å². The second-order valence-electron chi connectivity index (χ2n) is 5.84. The molecule has 128 valence electrons. The van der Waals surface area contributed by atoms with Gasteiger partial charge >= 0.3 is 0 Å². The number of nitrogens with zero attached hydrogens (tertiary/aromatic N) is 1. The van der Waals surface area contributed by atoms with Crippen molar-refractivity contribution < 1.29 is 13.2 Å². The molecule has 0 aliphatic rings. The summed E-state index contributed by atoms with van der Waals surface area (Å²) in [4.78, 5) is 12.3. The Morgan fingerprint density at radius 1 is 1.08 bits per heavy atom. The van der Waals surface area contributed by atoms with E-state index in [9.17, 15) is 13.2 Å². The van der Waals surface area contributed by atoms with Gasteiger partial charge in [0.25, 0.3) is 5.91 Å². The van der Waals surface area contributed by atoms with Crippen LogP contribution in [0, 0.1) is 13.8 Å². The maximum Gasteiger partial charge on any atom is 0.251 e. The molecule has 5 nitrogen and oxygen atoms in total. The molecule has 0 aliphatic heterocycles. The summed E-state index contributed by atoms with van der Waals surface area (Å²) in [6.07, 6.45) is 1.15. The van der Waals surface area contributed by atoms with E-state index in [0.29, 0.717) is 17.8 Å². The second kappa shape index (κ2) is 7.05. The number of carbonyl (C=O) groups excluding carboxylic acids is 1. The lowest BCUT2D eigenvalue weighted by Gasteiger charge is -2.19. The molecular weight excluding hydrogens is 324 g/mol. The number of amides is 1. The molecule has 2 aromatic rings. The molecule has 0 aromatic heterocycles. The minimum Gasteiger partial charge on any atom is -0.348 e. The normalized spacial score (nSPS) is 11.2. The topological polar surface area (TPSA) is 66.5 Å². The highest BCUT2D eigenvalue weighted by atomic mass is 32.2. The van der Waals surface area contributed by atoms with Crippen molar-refractivity contribution in [1.29, 1.82) is 0 Å². The van der Waals surface area contributed by atoms with Gasteiger partial charge in [-0.25, -0.2) is 8.42 Å². The fourth-order valence-corrected chi connectivity index (χ4v) is 2.98. The molecule has 1 N–H and O–H groups in total. The van der Waals surface area contributed by atoms with Crippen LogP contribution < -0.4 is 9.62 Å². The highest BCUT2D eigenvalue weighted by Gasteiger charge is 2.15. The van der Waals surface area contributed by atoms with Crippen LogP contribution >= 0.6 is 0 Å². The van der Waals surface area contributed by atoms with Gasteiger partial charge in [0.2, 0.25) is 10.0 Å². The third-order valence-corrected chi connectivity index (χ3v) is 5.19. The van der Waals surface area contributed by atoms with E-state index in [4.69, 9.17) is 0 Å². The number of nitrogens with one attached hydrogen (secondary N) is 1. The van der Waals surface area contributed by atoms with Crippen LogP contribution in [-0.4, -0.2) is 27.6 Å². The first-order valence-corrected chi connectivity index (χ1v) is 9.42. The van der Waals surface area contributed by atoms with Crippen molar-refractivity contribution in [1.82, 2.24) is 5.32 Å². The molecule has 0 saturated heterocycles. The van der Waals surface area contributed by atoms with Crippen LogP contribution in [-0.2, 0) is 16.6 Å². The highest BCUT2D eigenvalue weighted by molar-refractivity contribution is 7.92. The van der Waals surface area contributed by atoms with E-state index in [1.807, 2.05) is 31.2 Å². The SMILES string of the molecule is Cc1ccccc1CNC(=O)c1ccc(N(C)S(C)(=O)=O)c(C)c1. The van der Waals surface area contributed by atoms with Gasteiger partial charge in [-0.3, -0.25) is 9.10 Å². The molecule has 2 rings (SSSR count). The lowest BCUT2D eigenvalue weighted by molar-refractivity contribution is 0.0951. The van der Waals surface area contributed by atoms with Crippen LogP contribution in [0.2, 0.25) is 0 Å². The number of benzene rings is 2. The quantitative estimate of drug-likeness (QED) is 0.905. The van der Waals surface area contributed by atoms with Gasteiger partial charge in [0.1, 0.15) is 0 Å². The minimum atomic E-state index is -3.33. The lowest BCUT2D eigenvalue weighted by Crippen LogP contribution is -2.26.